The number of hydrogen-bond donors (Lipinski definition) is 1. The third-order valence-electron chi connectivity index (χ3n) is 3.22. The number of morpholine rings is 1. The van der Waals surface area contributed by atoms with Crippen LogP contribution in [-0.4, -0.2) is 43.9 Å². The second-order valence-corrected chi connectivity index (χ2v) is 4.52. The van der Waals surface area contributed by atoms with Crippen molar-refractivity contribution >= 4 is 0 Å². The molecule has 1 atom stereocenters. The minimum absolute atomic E-state index is 0.328. The van der Waals surface area contributed by atoms with Gasteiger partial charge in [-0.25, -0.2) is 0 Å². The molecule has 1 fully saturated rings. The molecular weight excluding hydrogens is 228 g/mol. The fraction of sp³-hybridized carbons (Fsp3) is 0.571. The van der Waals surface area contributed by atoms with Crippen LogP contribution in [-0.2, 0) is 11.3 Å². The molecule has 2 N–H and O–H groups in total. The van der Waals surface area contributed by atoms with E-state index in [2.05, 4.69) is 17.0 Å². The van der Waals surface area contributed by atoms with Crippen LogP contribution in [0.2, 0.25) is 0 Å². The fourth-order valence-electron chi connectivity index (χ4n) is 2.25. The van der Waals surface area contributed by atoms with Gasteiger partial charge in [-0.3, -0.25) is 4.90 Å². The molecule has 1 heterocycles. The van der Waals surface area contributed by atoms with Crippen LogP contribution >= 0.6 is 0 Å². The lowest BCUT2D eigenvalue weighted by molar-refractivity contribution is -0.00794. The first-order valence-corrected chi connectivity index (χ1v) is 6.57. The average Bonchev–Trinajstić information content (AvgIpc) is 2.40. The van der Waals surface area contributed by atoms with Gasteiger partial charge < -0.3 is 15.2 Å². The minimum Gasteiger partial charge on any atom is -0.494 e. The average molecular weight is 250 g/mol. The molecule has 4 heteroatoms. The fourth-order valence-corrected chi connectivity index (χ4v) is 2.25. The molecular formula is C14H22N2O2. The van der Waals surface area contributed by atoms with E-state index in [4.69, 9.17) is 15.2 Å². The molecule has 0 aliphatic carbocycles. The summed E-state index contributed by atoms with van der Waals surface area (Å²) in [4.78, 5) is 2.38. The van der Waals surface area contributed by atoms with E-state index in [9.17, 15) is 0 Å². The molecule has 0 amide bonds. The molecule has 1 aliphatic heterocycles. The van der Waals surface area contributed by atoms with Crippen LogP contribution in [0.15, 0.2) is 24.3 Å². The van der Waals surface area contributed by atoms with Crippen molar-refractivity contribution in [1.82, 2.24) is 4.90 Å². The quantitative estimate of drug-likeness (QED) is 0.854. The molecule has 100 valence electrons. The summed E-state index contributed by atoms with van der Waals surface area (Å²) in [7, 11) is 0. The zero-order valence-corrected chi connectivity index (χ0v) is 11.0. The van der Waals surface area contributed by atoms with Crippen LogP contribution in [0.3, 0.4) is 0 Å². The number of benzene rings is 1. The van der Waals surface area contributed by atoms with Gasteiger partial charge in [-0.05, 0) is 24.6 Å². The maximum atomic E-state index is 5.78. The molecule has 1 aromatic rings. The van der Waals surface area contributed by atoms with Crippen LogP contribution < -0.4 is 10.5 Å². The van der Waals surface area contributed by atoms with Gasteiger partial charge in [-0.15, -0.1) is 0 Å². The maximum Gasteiger partial charge on any atom is 0.119 e. The number of nitrogens with two attached hydrogens (primary N) is 1. The Hall–Kier alpha value is -1.10. The zero-order valence-electron chi connectivity index (χ0n) is 11.0. The van der Waals surface area contributed by atoms with Crippen LogP contribution in [0.5, 0.6) is 5.75 Å². The normalized spacial score (nSPS) is 20.9. The molecule has 0 bridgehead atoms. The topological polar surface area (TPSA) is 47.7 Å². The molecule has 0 saturated carbocycles. The molecule has 1 unspecified atom stereocenters. The van der Waals surface area contributed by atoms with Gasteiger partial charge in [0, 0.05) is 25.7 Å². The first-order valence-electron chi connectivity index (χ1n) is 6.57. The standard InChI is InChI=1S/C14H22N2O2/c1-2-18-14-5-3-4-12(8-14)10-16-6-7-17-11-13(16)9-15/h3-5,8,13H,2,6-7,9-11,15H2,1H3. The summed E-state index contributed by atoms with van der Waals surface area (Å²) in [6, 6.07) is 8.60. The van der Waals surface area contributed by atoms with Gasteiger partial charge >= 0.3 is 0 Å². The molecule has 1 saturated heterocycles. The predicted molar refractivity (Wildman–Crippen MR) is 71.7 cm³/mol. The molecule has 0 aromatic heterocycles. The van der Waals surface area contributed by atoms with E-state index >= 15 is 0 Å². The molecule has 1 aromatic carbocycles. The van der Waals surface area contributed by atoms with Gasteiger partial charge in [0.25, 0.3) is 0 Å². The summed E-state index contributed by atoms with van der Waals surface area (Å²) in [5, 5.41) is 0. The summed E-state index contributed by atoms with van der Waals surface area (Å²) in [5.74, 6) is 0.938. The highest BCUT2D eigenvalue weighted by Gasteiger charge is 2.21. The summed E-state index contributed by atoms with van der Waals surface area (Å²) >= 11 is 0. The van der Waals surface area contributed by atoms with E-state index in [1.54, 1.807) is 0 Å². The van der Waals surface area contributed by atoms with Gasteiger partial charge in [0.05, 0.1) is 19.8 Å². The smallest absolute Gasteiger partial charge is 0.119 e. The highest BCUT2D eigenvalue weighted by atomic mass is 16.5. The first kappa shape index (κ1) is 13.3. The summed E-state index contributed by atoms with van der Waals surface area (Å²) in [5.41, 5.74) is 7.04. The predicted octanol–water partition coefficient (Wildman–Crippen LogP) is 1.24. The summed E-state index contributed by atoms with van der Waals surface area (Å²) in [6.07, 6.45) is 0. The lowest BCUT2D eigenvalue weighted by Gasteiger charge is -2.34. The van der Waals surface area contributed by atoms with Gasteiger partial charge in [0.1, 0.15) is 5.75 Å². The summed E-state index contributed by atoms with van der Waals surface area (Å²) in [6.45, 7) is 6.73. The minimum atomic E-state index is 0.328. The van der Waals surface area contributed by atoms with Crippen LogP contribution in [0.1, 0.15) is 12.5 Å². The lowest BCUT2D eigenvalue weighted by atomic mass is 10.1. The second kappa shape index (κ2) is 6.73. The van der Waals surface area contributed by atoms with Gasteiger partial charge in [-0.2, -0.15) is 0 Å². The van der Waals surface area contributed by atoms with Crippen molar-refractivity contribution in [1.29, 1.82) is 0 Å². The molecule has 2 rings (SSSR count). The Labute approximate surface area is 109 Å². The zero-order chi connectivity index (χ0) is 12.8. The largest absolute Gasteiger partial charge is 0.494 e. The molecule has 18 heavy (non-hydrogen) atoms. The number of hydrogen-bond acceptors (Lipinski definition) is 4. The van der Waals surface area contributed by atoms with Gasteiger partial charge in [0.15, 0.2) is 0 Å². The molecule has 4 nitrogen and oxygen atoms in total. The third-order valence-corrected chi connectivity index (χ3v) is 3.22. The van der Waals surface area contributed by atoms with E-state index in [1.807, 2.05) is 19.1 Å². The van der Waals surface area contributed by atoms with Crippen molar-refractivity contribution in [3.63, 3.8) is 0 Å². The Morgan fingerprint density at radius 1 is 1.50 bits per heavy atom. The molecule has 1 aliphatic rings. The van der Waals surface area contributed by atoms with Crippen molar-refractivity contribution in [2.45, 2.75) is 19.5 Å². The van der Waals surface area contributed by atoms with Crippen molar-refractivity contribution in [2.24, 2.45) is 5.73 Å². The second-order valence-electron chi connectivity index (χ2n) is 4.52. The van der Waals surface area contributed by atoms with Gasteiger partial charge in [0.2, 0.25) is 0 Å². The van der Waals surface area contributed by atoms with E-state index in [-0.39, 0.29) is 0 Å². The van der Waals surface area contributed by atoms with E-state index < -0.39 is 0 Å². The molecule has 0 radical (unpaired) electrons. The summed E-state index contributed by atoms with van der Waals surface area (Å²) < 4.78 is 11.0. The van der Waals surface area contributed by atoms with Gasteiger partial charge in [-0.1, -0.05) is 12.1 Å². The number of ether oxygens (including phenoxy) is 2. The Morgan fingerprint density at radius 3 is 3.17 bits per heavy atom. The van der Waals surface area contributed by atoms with Crippen molar-refractivity contribution in [2.75, 3.05) is 32.9 Å². The Bertz CT molecular complexity index is 371. The molecule has 0 spiro atoms. The van der Waals surface area contributed by atoms with Crippen molar-refractivity contribution in [3.05, 3.63) is 29.8 Å². The van der Waals surface area contributed by atoms with Crippen molar-refractivity contribution in [3.8, 4) is 5.75 Å². The Kier molecular flexibility index (Phi) is 4.99. The maximum absolute atomic E-state index is 5.78. The third kappa shape index (κ3) is 3.45. The van der Waals surface area contributed by atoms with Crippen LogP contribution in [0.4, 0.5) is 0 Å². The van der Waals surface area contributed by atoms with Crippen LogP contribution in [0, 0.1) is 0 Å². The SMILES string of the molecule is CCOc1cccc(CN2CCOCC2CN)c1. The number of nitrogens with zero attached hydrogens (tertiary/aromatic N) is 1. The number of rotatable bonds is 5. The van der Waals surface area contributed by atoms with E-state index in [1.165, 1.54) is 5.56 Å². The Morgan fingerprint density at radius 2 is 2.39 bits per heavy atom. The van der Waals surface area contributed by atoms with Crippen molar-refractivity contribution < 1.29 is 9.47 Å². The Balaban J connectivity index is 2.00. The van der Waals surface area contributed by atoms with Crippen LogP contribution in [0.25, 0.3) is 0 Å². The van der Waals surface area contributed by atoms with E-state index in [0.717, 1.165) is 32.1 Å². The monoisotopic (exact) mass is 250 g/mol. The highest BCUT2D eigenvalue weighted by Crippen LogP contribution is 2.17. The lowest BCUT2D eigenvalue weighted by Crippen LogP contribution is -2.48. The highest BCUT2D eigenvalue weighted by molar-refractivity contribution is 5.28. The first-order chi connectivity index (χ1) is 8.83. The van der Waals surface area contributed by atoms with E-state index in [0.29, 0.717) is 19.2 Å².